The Bertz CT molecular complexity index is 222. The van der Waals surface area contributed by atoms with Gasteiger partial charge in [0, 0.05) is 8.07 Å². The average Bonchev–Trinajstić information content (AvgIpc) is 2.12. The molecule has 0 amide bonds. The zero-order chi connectivity index (χ0) is 12.8. The lowest BCUT2D eigenvalue weighted by Gasteiger charge is -2.25. The lowest BCUT2D eigenvalue weighted by atomic mass is 10.9. The quantitative estimate of drug-likeness (QED) is 0.540. The SMILES string of the molecule is CCOC(=O)OC[Si](C)(C)CC[Si](C)(C)C. The molecule has 0 N–H and O–H groups in total. The number of hydrogen-bond acceptors (Lipinski definition) is 3. The van der Waals surface area contributed by atoms with Crippen molar-refractivity contribution in [3.05, 3.63) is 0 Å². The Hall–Kier alpha value is -0.296. The fourth-order valence-corrected chi connectivity index (χ4v) is 7.56. The molecule has 0 fully saturated rings. The van der Waals surface area contributed by atoms with Crippen LogP contribution in [0.2, 0.25) is 44.8 Å². The summed E-state index contributed by atoms with van der Waals surface area (Å²) in [6.07, 6.45) is 0.0622. The minimum atomic E-state index is -1.39. The van der Waals surface area contributed by atoms with Crippen molar-refractivity contribution in [3.8, 4) is 0 Å². The fraction of sp³-hybridized carbons (Fsp3) is 0.909. The molecule has 0 aromatic rings. The molecular weight excluding hydrogens is 236 g/mol. The Balaban J connectivity index is 3.91. The molecule has 0 spiro atoms. The summed E-state index contributed by atoms with van der Waals surface area (Å²) in [6, 6.07) is 2.56. The van der Waals surface area contributed by atoms with E-state index in [2.05, 4.69) is 32.7 Å². The van der Waals surface area contributed by atoms with Gasteiger partial charge in [-0.3, -0.25) is 0 Å². The molecule has 0 radical (unpaired) electrons. The molecule has 16 heavy (non-hydrogen) atoms. The van der Waals surface area contributed by atoms with Crippen LogP contribution in [0.15, 0.2) is 0 Å². The molecule has 0 aromatic heterocycles. The molecular formula is C11H26O3Si2. The highest BCUT2D eigenvalue weighted by molar-refractivity contribution is 6.82. The van der Waals surface area contributed by atoms with E-state index in [1.807, 2.05) is 0 Å². The predicted octanol–water partition coefficient (Wildman–Crippen LogP) is 3.75. The number of ether oxygens (including phenoxy) is 2. The third-order valence-corrected chi connectivity index (χ3v) is 7.17. The van der Waals surface area contributed by atoms with Crippen LogP contribution in [0.5, 0.6) is 0 Å². The molecule has 0 aliphatic carbocycles. The molecule has 0 heterocycles. The Labute approximate surface area is 102 Å². The maximum absolute atomic E-state index is 11.1. The van der Waals surface area contributed by atoms with Crippen molar-refractivity contribution in [3.63, 3.8) is 0 Å². The van der Waals surface area contributed by atoms with Crippen LogP contribution in [0, 0.1) is 0 Å². The van der Waals surface area contributed by atoms with E-state index >= 15 is 0 Å². The maximum Gasteiger partial charge on any atom is 0.507 e. The molecule has 0 bridgehead atoms. The fourth-order valence-electron chi connectivity index (χ4n) is 1.20. The van der Waals surface area contributed by atoms with Gasteiger partial charge in [-0.25, -0.2) is 4.79 Å². The van der Waals surface area contributed by atoms with Crippen LogP contribution >= 0.6 is 0 Å². The Morgan fingerprint density at radius 2 is 1.56 bits per heavy atom. The van der Waals surface area contributed by atoms with Gasteiger partial charge < -0.3 is 9.47 Å². The van der Waals surface area contributed by atoms with Crippen LogP contribution in [0.3, 0.4) is 0 Å². The molecule has 3 nitrogen and oxygen atoms in total. The molecule has 0 saturated heterocycles. The van der Waals surface area contributed by atoms with Crippen molar-refractivity contribution in [1.82, 2.24) is 0 Å². The summed E-state index contributed by atoms with van der Waals surface area (Å²) in [4.78, 5) is 11.1. The van der Waals surface area contributed by atoms with Gasteiger partial charge in [0.2, 0.25) is 0 Å². The van der Waals surface area contributed by atoms with Gasteiger partial charge in [0.25, 0.3) is 0 Å². The standard InChI is InChI=1S/C11H26O3Si2/c1-7-13-11(12)14-10-16(5,6)9-8-15(2,3)4/h7-10H2,1-6H3. The smallest absolute Gasteiger partial charge is 0.438 e. The van der Waals surface area contributed by atoms with Crippen LogP contribution in [0.1, 0.15) is 6.92 Å². The lowest BCUT2D eigenvalue weighted by Crippen LogP contribution is -2.36. The van der Waals surface area contributed by atoms with E-state index in [1.54, 1.807) is 6.92 Å². The highest BCUT2D eigenvalue weighted by Crippen LogP contribution is 2.20. The van der Waals surface area contributed by atoms with Gasteiger partial charge in [0.15, 0.2) is 0 Å². The number of rotatable bonds is 6. The monoisotopic (exact) mass is 262 g/mol. The third kappa shape index (κ3) is 8.97. The normalized spacial score (nSPS) is 12.4. The first-order valence-electron chi connectivity index (χ1n) is 5.96. The molecule has 0 rings (SSSR count). The highest BCUT2D eigenvalue weighted by atomic mass is 28.3. The second-order valence-electron chi connectivity index (χ2n) is 6.20. The molecule has 0 aliphatic heterocycles. The summed E-state index contributed by atoms with van der Waals surface area (Å²) < 4.78 is 9.88. The topological polar surface area (TPSA) is 35.5 Å². The van der Waals surface area contributed by atoms with Crippen molar-refractivity contribution >= 4 is 22.3 Å². The maximum atomic E-state index is 11.1. The lowest BCUT2D eigenvalue weighted by molar-refractivity contribution is 0.0702. The van der Waals surface area contributed by atoms with Crippen molar-refractivity contribution in [2.24, 2.45) is 0 Å². The van der Waals surface area contributed by atoms with Crippen molar-refractivity contribution in [2.75, 3.05) is 12.8 Å². The van der Waals surface area contributed by atoms with E-state index in [0.29, 0.717) is 12.8 Å². The first-order valence-corrected chi connectivity index (χ1v) is 13.1. The Morgan fingerprint density at radius 1 is 1.00 bits per heavy atom. The van der Waals surface area contributed by atoms with E-state index in [0.717, 1.165) is 0 Å². The molecule has 0 aromatic carbocycles. The van der Waals surface area contributed by atoms with E-state index in [4.69, 9.17) is 9.47 Å². The summed E-state index contributed by atoms with van der Waals surface area (Å²) in [7, 11) is -2.37. The number of carbonyl (C=O) groups is 1. The van der Waals surface area contributed by atoms with E-state index in [-0.39, 0.29) is 0 Å². The van der Waals surface area contributed by atoms with Crippen LogP contribution in [0.25, 0.3) is 0 Å². The minimum Gasteiger partial charge on any atom is -0.438 e. The Morgan fingerprint density at radius 3 is 2.00 bits per heavy atom. The molecule has 0 aliphatic rings. The zero-order valence-electron chi connectivity index (χ0n) is 11.6. The first kappa shape index (κ1) is 15.7. The van der Waals surface area contributed by atoms with Gasteiger partial charge in [-0.15, -0.1) is 0 Å². The van der Waals surface area contributed by atoms with Crippen LogP contribution in [0.4, 0.5) is 4.79 Å². The zero-order valence-corrected chi connectivity index (χ0v) is 13.6. The van der Waals surface area contributed by atoms with Crippen molar-refractivity contribution < 1.29 is 14.3 Å². The second kappa shape index (κ2) is 6.44. The van der Waals surface area contributed by atoms with Gasteiger partial charge in [0.05, 0.1) is 20.9 Å². The number of carbonyl (C=O) groups excluding carboxylic acids is 1. The first-order chi connectivity index (χ1) is 7.16. The summed E-state index contributed by atoms with van der Waals surface area (Å²) >= 11 is 0. The van der Waals surface area contributed by atoms with Crippen LogP contribution < -0.4 is 0 Å². The summed E-state index contributed by atoms with van der Waals surface area (Å²) in [6.45, 7) is 13.8. The van der Waals surface area contributed by atoms with Crippen LogP contribution in [-0.2, 0) is 9.47 Å². The van der Waals surface area contributed by atoms with E-state index in [1.165, 1.54) is 12.1 Å². The molecule has 0 unspecified atom stereocenters. The third-order valence-electron chi connectivity index (χ3n) is 2.39. The molecule has 96 valence electrons. The average molecular weight is 262 g/mol. The molecule has 0 saturated carbocycles. The summed E-state index contributed by atoms with van der Waals surface area (Å²) in [5.41, 5.74) is 0. The highest BCUT2D eigenvalue weighted by Gasteiger charge is 2.26. The largest absolute Gasteiger partial charge is 0.507 e. The van der Waals surface area contributed by atoms with Gasteiger partial charge in [-0.05, 0) is 6.92 Å². The van der Waals surface area contributed by atoms with Gasteiger partial charge in [-0.1, -0.05) is 44.8 Å². The van der Waals surface area contributed by atoms with E-state index in [9.17, 15) is 4.79 Å². The summed E-state index contributed by atoms with van der Waals surface area (Å²) in [5.74, 6) is 0. The molecule has 0 atom stereocenters. The second-order valence-corrected chi connectivity index (χ2v) is 16.9. The Kier molecular flexibility index (Phi) is 6.32. The van der Waals surface area contributed by atoms with Gasteiger partial charge in [-0.2, -0.15) is 0 Å². The number of hydrogen-bond donors (Lipinski definition) is 0. The predicted molar refractivity (Wildman–Crippen MR) is 73.4 cm³/mol. The minimum absolute atomic E-state index is 0.385. The van der Waals surface area contributed by atoms with Gasteiger partial charge in [0.1, 0.15) is 0 Å². The van der Waals surface area contributed by atoms with Crippen molar-refractivity contribution in [1.29, 1.82) is 0 Å². The van der Waals surface area contributed by atoms with E-state index < -0.39 is 22.3 Å². The molecule has 5 heteroatoms. The van der Waals surface area contributed by atoms with Crippen molar-refractivity contribution in [2.45, 2.75) is 51.7 Å². The van der Waals surface area contributed by atoms with Crippen LogP contribution in [-0.4, -0.2) is 35.1 Å². The van der Waals surface area contributed by atoms with Gasteiger partial charge >= 0.3 is 6.16 Å². The summed E-state index contributed by atoms with van der Waals surface area (Å²) in [5, 5.41) is 0.